The second-order valence-corrected chi connectivity index (χ2v) is 3.03. The summed E-state index contributed by atoms with van der Waals surface area (Å²) in [5.41, 5.74) is 0. The smallest absolute Gasteiger partial charge is 0.324 e. The van der Waals surface area contributed by atoms with E-state index in [1.165, 1.54) is 20.0 Å². The van der Waals surface area contributed by atoms with Crippen LogP contribution in [0, 0.1) is 5.92 Å². The number of hydrogen-bond acceptors (Lipinski definition) is 3. The molecule has 0 bridgehead atoms. The Morgan fingerprint density at radius 1 is 1.60 bits per heavy atom. The molecule has 0 aromatic carbocycles. The molecule has 1 heterocycles. The third kappa shape index (κ3) is 0.904. The van der Waals surface area contributed by atoms with Gasteiger partial charge in [0.15, 0.2) is 0 Å². The van der Waals surface area contributed by atoms with Gasteiger partial charge in [0.1, 0.15) is 6.04 Å². The van der Waals surface area contributed by atoms with Gasteiger partial charge in [-0.25, -0.2) is 0 Å². The number of rotatable bonds is 2. The van der Waals surface area contributed by atoms with E-state index in [1.54, 1.807) is 0 Å². The average molecular weight is 141 g/mol. The first-order valence-electron chi connectivity index (χ1n) is 3.67. The second kappa shape index (κ2) is 1.95. The van der Waals surface area contributed by atoms with Gasteiger partial charge in [-0.3, -0.25) is 10.1 Å². The van der Waals surface area contributed by atoms with Gasteiger partial charge in [0, 0.05) is 6.04 Å². The minimum absolute atomic E-state index is 0.0255. The molecule has 2 fully saturated rings. The van der Waals surface area contributed by atoms with Crippen LogP contribution in [0.1, 0.15) is 12.8 Å². The summed E-state index contributed by atoms with van der Waals surface area (Å²) in [6.07, 6.45) is 2.57. The zero-order chi connectivity index (χ0) is 7.14. The van der Waals surface area contributed by atoms with Gasteiger partial charge >= 0.3 is 5.97 Å². The Labute approximate surface area is 59.7 Å². The lowest BCUT2D eigenvalue weighted by atomic mass is 10.2. The van der Waals surface area contributed by atoms with Crippen LogP contribution in [0.25, 0.3) is 0 Å². The molecule has 1 aliphatic carbocycles. The Bertz CT molecular complexity index is 165. The fourth-order valence-electron chi connectivity index (χ4n) is 1.36. The molecule has 1 saturated heterocycles. The largest absolute Gasteiger partial charge is 0.468 e. The standard InChI is InChI=1S/C7H11NO2/c1-10-7(9)6-5(8-6)4-2-3-4/h4-6,8H,2-3H2,1H3/t5-,6+/m0/s1. The molecular formula is C7H11NO2. The van der Waals surface area contributed by atoms with Gasteiger partial charge in [-0.1, -0.05) is 0 Å². The van der Waals surface area contributed by atoms with Crippen molar-refractivity contribution in [3.63, 3.8) is 0 Å². The molecule has 0 aromatic rings. The third-order valence-corrected chi connectivity index (χ3v) is 2.21. The minimum atomic E-state index is -0.100. The fraction of sp³-hybridized carbons (Fsp3) is 0.857. The van der Waals surface area contributed by atoms with Crippen molar-refractivity contribution >= 4 is 5.97 Å². The van der Waals surface area contributed by atoms with Crippen molar-refractivity contribution in [1.29, 1.82) is 0 Å². The molecule has 10 heavy (non-hydrogen) atoms. The van der Waals surface area contributed by atoms with Gasteiger partial charge in [-0.2, -0.15) is 0 Å². The summed E-state index contributed by atoms with van der Waals surface area (Å²) >= 11 is 0. The highest BCUT2D eigenvalue weighted by Gasteiger charge is 2.51. The molecular weight excluding hydrogens is 130 g/mol. The number of esters is 1. The summed E-state index contributed by atoms with van der Waals surface area (Å²) in [5.74, 6) is 0.668. The molecule has 1 N–H and O–H groups in total. The van der Waals surface area contributed by atoms with E-state index in [4.69, 9.17) is 0 Å². The molecule has 2 atom stereocenters. The molecule has 2 rings (SSSR count). The van der Waals surface area contributed by atoms with Crippen LogP contribution in [0.5, 0.6) is 0 Å². The molecule has 0 spiro atoms. The lowest BCUT2D eigenvalue weighted by Gasteiger charge is -1.92. The zero-order valence-electron chi connectivity index (χ0n) is 5.96. The second-order valence-electron chi connectivity index (χ2n) is 3.03. The van der Waals surface area contributed by atoms with Gasteiger partial charge in [0.05, 0.1) is 7.11 Å². The maximum Gasteiger partial charge on any atom is 0.324 e. The minimum Gasteiger partial charge on any atom is -0.468 e. The number of carbonyl (C=O) groups excluding carboxylic acids is 1. The predicted molar refractivity (Wildman–Crippen MR) is 35.5 cm³/mol. The van der Waals surface area contributed by atoms with E-state index in [-0.39, 0.29) is 12.0 Å². The van der Waals surface area contributed by atoms with E-state index in [0.29, 0.717) is 6.04 Å². The highest BCUT2D eigenvalue weighted by molar-refractivity contribution is 5.80. The van der Waals surface area contributed by atoms with E-state index >= 15 is 0 Å². The number of methoxy groups -OCH3 is 1. The Kier molecular flexibility index (Phi) is 1.20. The Morgan fingerprint density at radius 3 is 2.80 bits per heavy atom. The third-order valence-electron chi connectivity index (χ3n) is 2.21. The topological polar surface area (TPSA) is 48.2 Å². The number of carbonyl (C=O) groups is 1. The first-order valence-corrected chi connectivity index (χ1v) is 3.67. The Hall–Kier alpha value is -0.570. The molecule has 2 aliphatic rings. The van der Waals surface area contributed by atoms with Crippen LogP contribution in [0.4, 0.5) is 0 Å². The van der Waals surface area contributed by atoms with Crippen molar-refractivity contribution < 1.29 is 9.53 Å². The van der Waals surface area contributed by atoms with Gasteiger partial charge in [0.2, 0.25) is 0 Å². The number of nitrogens with one attached hydrogen (secondary N) is 1. The summed E-state index contributed by atoms with van der Waals surface area (Å²) in [4.78, 5) is 10.8. The van der Waals surface area contributed by atoms with Gasteiger partial charge in [-0.05, 0) is 18.8 Å². The van der Waals surface area contributed by atoms with Crippen LogP contribution in [0.15, 0.2) is 0 Å². The maximum absolute atomic E-state index is 10.8. The Morgan fingerprint density at radius 2 is 2.30 bits per heavy atom. The molecule has 1 aliphatic heterocycles. The SMILES string of the molecule is COC(=O)[C@@H]1N[C@H]1C1CC1. The van der Waals surface area contributed by atoms with Crippen LogP contribution < -0.4 is 5.32 Å². The monoisotopic (exact) mass is 141 g/mol. The van der Waals surface area contributed by atoms with Crippen molar-refractivity contribution in [3.8, 4) is 0 Å². The summed E-state index contributed by atoms with van der Waals surface area (Å²) in [6, 6.07) is 0.477. The van der Waals surface area contributed by atoms with Gasteiger partial charge in [0.25, 0.3) is 0 Å². The fourth-order valence-corrected chi connectivity index (χ4v) is 1.36. The number of hydrogen-bond donors (Lipinski definition) is 1. The molecule has 1 saturated carbocycles. The van der Waals surface area contributed by atoms with Gasteiger partial charge in [-0.15, -0.1) is 0 Å². The van der Waals surface area contributed by atoms with Crippen LogP contribution in [-0.2, 0) is 9.53 Å². The highest BCUT2D eigenvalue weighted by atomic mass is 16.5. The van der Waals surface area contributed by atoms with Crippen molar-refractivity contribution in [2.45, 2.75) is 24.9 Å². The van der Waals surface area contributed by atoms with E-state index in [9.17, 15) is 4.79 Å². The normalized spacial score (nSPS) is 37.3. The van der Waals surface area contributed by atoms with Crippen LogP contribution in [0.2, 0.25) is 0 Å². The molecule has 3 heteroatoms. The average Bonchev–Trinajstić information content (AvgIpc) is 2.74. The predicted octanol–water partition coefficient (Wildman–Crippen LogP) is -0.0902. The molecule has 56 valence electrons. The molecule has 0 unspecified atom stereocenters. The van der Waals surface area contributed by atoms with Crippen molar-refractivity contribution in [2.24, 2.45) is 5.92 Å². The van der Waals surface area contributed by atoms with E-state index in [2.05, 4.69) is 10.1 Å². The first-order chi connectivity index (χ1) is 4.83. The lowest BCUT2D eigenvalue weighted by molar-refractivity contribution is -0.140. The van der Waals surface area contributed by atoms with E-state index in [0.717, 1.165) is 5.92 Å². The summed E-state index contributed by atoms with van der Waals surface area (Å²) < 4.78 is 4.58. The maximum atomic E-state index is 10.8. The van der Waals surface area contributed by atoms with Crippen molar-refractivity contribution in [3.05, 3.63) is 0 Å². The van der Waals surface area contributed by atoms with Crippen LogP contribution in [0.3, 0.4) is 0 Å². The first kappa shape index (κ1) is 6.16. The molecule has 3 nitrogen and oxygen atoms in total. The lowest BCUT2D eigenvalue weighted by Crippen LogP contribution is -2.13. The van der Waals surface area contributed by atoms with E-state index in [1.807, 2.05) is 0 Å². The van der Waals surface area contributed by atoms with Crippen LogP contribution >= 0.6 is 0 Å². The molecule has 0 aromatic heterocycles. The summed E-state index contributed by atoms with van der Waals surface area (Å²) in [6.45, 7) is 0. The van der Waals surface area contributed by atoms with Crippen molar-refractivity contribution in [1.82, 2.24) is 5.32 Å². The number of ether oxygens (including phenoxy) is 1. The van der Waals surface area contributed by atoms with Gasteiger partial charge < -0.3 is 4.74 Å². The quantitative estimate of drug-likeness (QED) is 0.432. The summed E-state index contributed by atoms with van der Waals surface area (Å²) in [7, 11) is 1.44. The van der Waals surface area contributed by atoms with Crippen LogP contribution in [-0.4, -0.2) is 25.2 Å². The Balaban J connectivity index is 1.82. The summed E-state index contributed by atoms with van der Waals surface area (Å²) in [5, 5.41) is 3.11. The van der Waals surface area contributed by atoms with Crippen molar-refractivity contribution in [2.75, 3.05) is 7.11 Å². The van der Waals surface area contributed by atoms with E-state index < -0.39 is 0 Å². The molecule has 0 radical (unpaired) electrons. The highest BCUT2D eigenvalue weighted by Crippen LogP contribution is 2.39. The zero-order valence-corrected chi connectivity index (χ0v) is 5.96. The molecule has 0 amide bonds.